The third kappa shape index (κ3) is 4.27. The summed E-state index contributed by atoms with van der Waals surface area (Å²) in [7, 11) is 0. The summed E-state index contributed by atoms with van der Waals surface area (Å²) in [5, 5.41) is -0.0884. The number of hydrogen-bond acceptors (Lipinski definition) is 3. The molecule has 2 unspecified atom stereocenters. The van der Waals surface area contributed by atoms with Crippen LogP contribution in [0.5, 0.6) is 11.5 Å². The van der Waals surface area contributed by atoms with Crippen molar-refractivity contribution in [3.05, 3.63) is 22.2 Å². The van der Waals surface area contributed by atoms with E-state index >= 15 is 0 Å². The second-order valence-electron chi connectivity index (χ2n) is 5.07. The van der Waals surface area contributed by atoms with Crippen molar-refractivity contribution in [3.8, 4) is 11.5 Å². The summed E-state index contributed by atoms with van der Waals surface area (Å²) in [6.45, 7) is 6.69. The van der Waals surface area contributed by atoms with Crippen LogP contribution in [0.15, 0.2) is 16.6 Å². The molecule has 1 aromatic carbocycles. The van der Waals surface area contributed by atoms with E-state index in [2.05, 4.69) is 15.9 Å². The van der Waals surface area contributed by atoms with Crippen LogP contribution in [0.2, 0.25) is 0 Å². The lowest BCUT2D eigenvalue weighted by Crippen LogP contribution is -2.21. The third-order valence-corrected chi connectivity index (χ3v) is 4.85. The van der Waals surface area contributed by atoms with Gasteiger partial charge in [0.05, 0.1) is 25.2 Å². The predicted octanol–water partition coefficient (Wildman–Crippen LogP) is 4.95. The van der Waals surface area contributed by atoms with E-state index in [9.17, 15) is 0 Å². The molecule has 118 valence electrons. The average Bonchev–Trinajstić information content (AvgIpc) is 2.50. The van der Waals surface area contributed by atoms with Crippen molar-refractivity contribution >= 4 is 27.5 Å². The van der Waals surface area contributed by atoms with Gasteiger partial charge in [0.2, 0.25) is 0 Å². The Labute approximate surface area is 140 Å². The predicted molar refractivity (Wildman–Crippen MR) is 88.6 cm³/mol. The van der Waals surface area contributed by atoms with Gasteiger partial charge in [-0.2, -0.15) is 0 Å². The van der Waals surface area contributed by atoms with Crippen LogP contribution in [0.3, 0.4) is 0 Å². The van der Waals surface area contributed by atoms with E-state index in [1.54, 1.807) is 0 Å². The van der Waals surface area contributed by atoms with E-state index in [4.69, 9.17) is 25.8 Å². The summed E-state index contributed by atoms with van der Waals surface area (Å²) in [5.41, 5.74) is 1.04. The van der Waals surface area contributed by atoms with Crippen LogP contribution in [0.1, 0.15) is 37.6 Å². The number of ether oxygens (including phenoxy) is 3. The quantitative estimate of drug-likeness (QED) is 0.656. The molecule has 0 N–H and O–H groups in total. The number of rotatable bonds is 6. The van der Waals surface area contributed by atoms with Gasteiger partial charge in [0.1, 0.15) is 0 Å². The van der Waals surface area contributed by atoms with Crippen molar-refractivity contribution in [3.63, 3.8) is 0 Å². The molecule has 0 bridgehead atoms. The summed E-state index contributed by atoms with van der Waals surface area (Å²) in [6.07, 6.45) is 2.17. The van der Waals surface area contributed by atoms with Crippen molar-refractivity contribution in [2.45, 2.75) is 32.1 Å². The summed E-state index contributed by atoms with van der Waals surface area (Å²) in [4.78, 5) is 0. The highest BCUT2D eigenvalue weighted by Crippen LogP contribution is 2.42. The van der Waals surface area contributed by atoms with E-state index in [0.29, 0.717) is 19.1 Å². The monoisotopic (exact) mass is 376 g/mol. The molecule has 5 heteroatoms. The normalized spacial score (nSPS) is 20.1. The molecule has 0 spiro atoms. The van der Waals surface area contributed by atoms with Gasteiger partial charge in [-0.3, -0.25) is 0 Å². The zero-order chi connectivity index (χ0) is 15.2. The maximum Gasteiger partial charge on any atom is 0.162 e. The van der Waals surface area contributed by atoms with Crippen molar-refractivity contribution in [1.29, 1.82) is 0 Å². The van der Waals surface area contributed by atoms with Crippen molar-refractivity contribution in [2.24, 2.45) is 5.92 Å². The van der Waals surface area contributed by atoms with Crippen LogP contribution < -0.4 is 9.47 Å². The molecule has 0 aromatic heterocycles. The highest BCUT2D eigenvalue weighted by Gasteiger charge is 2.26. The van der Waals surface area contributed by atoms with Crippen LogP contribution in [0, 0.1) is 5.92 Å². The molecule has 0 radical (unpaired) electrons. The molecule has 0 aliphatic carbocycles. The number of hydrogen-bond donors (Lipinski definition) is 0. The molecule has 2 rings (SSSR count). The van der Waals surface area contributed by atoms with Gasteiger partial charge < -0.3 is 14.2 Å². The minimum Gasteiger partial charge on any atom is -0.490 e. The zero-order valence-corrected chi connectivity index (χ0v) is 14.9. The van der Waals surface area contributed by atoms with Gasteiger partial charge in [-0.05, 0) is 44.4 Å². The average molecular weight is 378 g/mol. The van der Waals surface area contributed by atoms with Crippen LogP contribution in [-0.4, -0.2) is 26.4 Å². The van der Waals surface area contributed by atoms with E-state index < -0.39 is 0 Å². The number of alkyl halides is 1. The molecular formula is C16H22BrClO3. The molecule has 3 nitrogen and oxygen atoms in total. The molecule has 1 fully saturated rings. The van der Waals surface area contributed by atoms with Crippen molar-refractivity contribution < 1.29 is 14.2 Å². The Bertz CT molecular complexity index is 461. The number of halogens is 2. The Kier molecular flexibility index (Phi) is 6.65. The largest absolute Gasteiger partial charge is 0.490 e. The summed E-state index contributed by atoms with van der Waals surface area (Å²) in [5.74, 6) is 1.84. The molecule has 21 heavy (non-hydrogen) atoms. The summed E-state index contributed by atoms with van der Waals surface area (Å²) in [6, 6.07) is 3.94. The van der Waals surface area contributed by atoms with Gasteiger partial charge in [0.25, 0.3) is 0 Å². The van der Waals surface area contributed by atoms with Crippen LogP contribution >= 0.6 is 27.5 Å². The summed E-state index contributed by atoms with van der Waals surface area (Å²) >= 11 is 10.3. The third-order valence-electron chi connectivity index (χ3n) is 3.57. The van der Waals surface area contributed by atoms with E-state index in [1.807, 2.05) is 26.0 Å². The van der Waals surface area contributed by atoms with Gasteiger partial charge in [0, 0.05) is 17.0 Å². The molecule has 1 aromatic rings. The maximum absolute atomic E-state index is 6.69. The highest BCUT2D eigenvalue weighted by molar-refractivity contribution is 9.10. The van der Waals surface area contributed by atoms with E-state index in [1.165, 1.54) is 0 Å². The Hall–Kier alpha value is -0.450. The maximum atomic E-state index is 6.69. The second kappa shape index (κ2) is 8.25. The van der Waals surface area contributed by atoms with Gasteiger partial charge in [-0.1, -0.05) is 15.9 Å². The Morgan fingerprint density at radius 3 is 2.52 bits per heavy atom. The lowest BCUT2D eigenvalue weighted by atomic mass is 9.93. The molecule has 1 heterocycles. The Balaban J connectivity index is 2.27. The van der Waals surface area contributed by atoms with Gasteiger partial charge >= 0.3 is 0 Å². The fourth-order valence-corrected chi connectivity index (χ4v) is 3.63. The lowest BCUT2D eigenvalue weighted by molar-refractivity contribution is 0.0530. The van der Waals surface area contributed by atoms with Crippen molar-refractivity contribution in [1.82, 2.24) is 0 Å². The van der Waals surface area contributed by atoms with Crippen LogP contribution in [-0.2, 0) is 4.74 Å². The first kappa shape index (κ1) is 16.9. The van der Waals surface area contributed by atoms with Crippen molar-refractivity contribution in [2.75, 3.05) is 26.4 Å². The molecular weight excluding hydrogens is 356 g/mol. The van der Waals surface area contributed by atoms with Gasteiger partial charge in [0.15, 0.2) is 11.5 Å². The smallest absolute Gasteiger partial charge is 0.162 e. The van der Waals surface area contributed by atoms with Gasteiger partial charge in [-0.15, -0.1) is 11.6 Å². The zero-order valence-electron chi connectivity index (χ0n) is 12.5. The van der Waals surface area contributed by atoms with E-state index in [0.717, 1.165) is 47.6 Å². The first-order valence-electron chi connectivity index (χ1n) is 7.48. The first-order chi connectivity index (χ1) is 10.2. The Morgan fingerprint density at radius 2 is 1.95 bits per heavy atom. The molecule has 1 aliphatic heterocycles. The van der Waals surface area contributed by atoms with E-state index in [-0.39, 0.29) is 5.38 Å². The fraction of sp³-hybridized carbons (Fsp3) is 0.625. The molecule has 0 amide bonds. The minimum absolute atomic E-state index is 0.0884. The lowest BCUT2D eigenvalue weighted by Gasteiger charge is -2.27. The van der Waals surface area contributed by atoms with Crippen LogP contribution in [0.25, 0.3) is 0 Å². The molecule has 2 atom stereocenters. The summed E-state index contributed by atoms with van der Waals surface area (Å²) < 4.78 is 17.8. The van der Waals surface area contributed by atoms with Gasteiger partial charge in [-0.25, -0.2) is 0 Å². The SMILES string of the molecule is CCOc1cc(Br)c(C(Cl)C2CCCOC2)cc1OCC. The molecule has 0 saturated carbocycles. The number of benzene rings is 1. The first-order valence-corrected chi connectivity index (χ1v) is 8.71. The topological polar surface area (TPSA) is 27.7 Å². The molecule has 1 saturated heterocycles. The highest BCUT2D eigenvalue weighted by atomic mass is 79.9. The standard InChI is InChI=1S/C16H22BrClO3/c1-3-20-14-8-12(13(17)9-15(14)21-4-2)16(18)11-6-5-7-19-10-11/h8-9,11,16H,3-7,10H2,1-2H3. The Morgan fingerprint density at radius 1 is 1.29 bits per heavy atom. The molecule has 1 aliphatic rings. The second-order valence-corrected chi connectivity index (χ2v) is 6.39. The van der Waals surface area contributed by atoms with Crippen LogP contribution in [0.4, 0.5) is 0 Å². The minimum atomic E-state index is -0.0884. The fourth-order valence-electron chi connectivity index (χ4n) is 2.55.